The molecule has 1 rings (SSSR count). The molecule has 11 nitrogen and oxygen atoms in total. The SMILES string of the molecule is COP(=O)(OC)C(C)(C)C/C(C)=N/Nc1ccc([N+](=O)[O-])cc1[N+](=O)[O-]. The van der Waals surface area contributed by atoms with Crippen molar-refractivity contribution in [1.29, 1.82) is 0 Å². The molecule has 1 aromatic carbocycles. The van der Waals surface area contributed by atoms with Crippen molar-refractivity contribution in [3.63, 3.8) is 0 Å². The molecular weight excluding hydrogens is 367 g/mol. The van der Waals surface area contributed by atoms with Gasteiger partial charge in [-0.3, -0.25) is 30.2 Å². The summed E-state index contributed by atoms with van der Waals surface area (Å²) in [6.07, 6.45) is 0.222. The first-order valence-corrected chi connectivity index (χ1v) is 8.95. The Morgan fingerprint density at radius 3 is 2.27 bits per heavy atom. The van der Waals surface area contributed by atoms with Gasteiger partial charge in [0.25, 0.3) is 5.69 Å². The van der Waals surface area contributed by atoms with Gasteiger partial charge in [-0.1, -0.05) is 0 Å². The van der Waals surface area contributed by atoms with Crippen LogP contribution in [0.2, 0.25) is 0 Å². The molecule has 26 heavy (non-hydrogen) atoms. The maximum atomic E-state index is 12.6. The number of non-ortho nitro benzene ring substituents is 1. The summed E-state index contributed by atoms with van der Waals surface area (Å²) in [6.45, 7) is 5.02. The quantitative estimate of drug-likeness (QED) is 0.289. The van der Waals surface area contributed by atoms with E-state index in [1.807, 2.05) is 0 Å². The Kier molecular flexibility index (Phi) is 6.96. The van der Waals surface area contributed by atoms with E-state index in [-0.39, 0.29) is 12.1 Å². The fourth-order valence-electron chi connectivity index (χ4n) is 2.37. The molecule has 0 aliphatic rings. The van der Waals surface area contributed by atoms with E-state index in [0.29, 0.717) is 5.71 Å². The number of rotatable bonds is 9. The van der Waals surface area contributed by atoms with Crippen molar-refractivity contribution in [2.75, 3.05) is 19.6 Å². The third-order valence-electron chi connectivity index (χ3n) is 3.67. The largest absolute Gasteiger partial charge is 0.336 e. The van der Waals surface area contributed by atoms with Crippen LogP contribution in [0.3, 0.4) is 0 Å². The van der Waals surface area contributed by atoms with Crippen LogP contribution < -0.4 is 5.43 Å². The zero-order chi connectivity index (χ0) is 20.1. The van der Waals surface area contributed by atoms with Crippen molar-refractivity contribution in [1.82, 2.24) is 0 Å². The number of nitrogens with zero attached hydrogens (tertiary/aromatic N) is 3. The first kappa shape index (κ1) is 21.7. The highest BCUT2D eigenvalue weighted by molar-refractivity contribution is 7.55. The van der Waals surface area contributed by atoms with E-state index < -0.39 is 34.0 Å². The summed E-state index contributed by atoms with van der Waals surface area (Å²) in [5.74, 6) is 0. The fourth-order valence-corrected chi connectivity index (χ4v) is 3.93. The van der Waals surface area contributed by atoms with E-state index in [0.717, 1.165) is 12.1 Å². The maximum Gasteiger partial charge on any atom is 0.336 e. The molecule has 0 fully saturated rings. The lowest BCUT2D eigenvalue weighted by Crippen LogP contribution is -2.25. The van der Waals surface area contributed by atoms with Crippen LogP contribution in [0.4, 0.5) is 17.1 Å². The topological polar surface area (TPSA) is 146 Å². The Morgan fingerprint density at radius 2 is 1.81 bits per heavy atom. The van der Waals surface area contributed by atoms with Crippen LogP contribution in [0, 0.1) is 20.2 Å². The molecule has 0 aliphatic carbocycles. The highest BCUT2D eigenvalue weighted by Crippen LogP contribution is 2.60. The van der Waals surface area contributed by atoms with Gasteiger partial charge in [0.2, 0.25) is 0 Å². The van der Waals surface area contributed by atoms with Crippen molar-refractivity contribution in [2.45, 2.75) is 32.3 Å². The molecule has 0 atom stereocenters. The highest BCUT2D eigenvalue weighted by Gasteiger charge is 2.42. The third kappa shape index (κ3) is 4.84. The van der Waals surface area contributed by atoms with E-state index in [9.17, 15) is 24.8 Å². The van der Waals surface area contributed by atoms with Gasteiger partial charge in [-0.25, -0.2) is 0 Å². The minimum atomic E-state index is -3.37. The van der Waals surface area contributed by atoms with Crippen LogP contribution in [0.25, 0.3) is 0 Å². The molecule has 0 radical (unpaired) electrons. The van der Waals surface area contributed by atoms with Gasteiger partial charge < -0.3 is 9.05 Å². The van der Waals surface area contributed by atoms with E-state index in [1.54, 1.807) is 20.8 Å². The van der Waals surface area contributed by atoms with Crippen molar-refractivity contribution in [2.24, 2.45) is 5.10 Å². The van der Waals surface area contributed by atoms with Gasteiger partial charge in [0.1, 0.15) is 5.69 Å². The molecule has 144 valence electrons. The molecule has 0 saturated carbocycles. The normalized spacial score (nSPS) is 12.7. The van der Waals surface area contributed by atoms with Crippen LogP contribution in [-0.2, 0) is 13.6 Å². The summed E-state index contributed by atoms with van der Waals surface area (Å²) in [6, 6.07) is 3.18. The maximum absolute atomic E-state index is 12.6. The summed E-state index contributed by atoms with van der Waals surface area (Å²) < 4.78 is 22.6. The van der Waals surface area contributed by atoms with Gasteiger partial charge >= 0.3 is 13.3 Å². The number of nitro benzene ring substituents is 2. The Morgan fingerprint density at radius 1 is 1.23 bits per heavy atom. The predicted octanol–water partition coefficient (Wildman–Crippen LogP) is 3.95. The van der Waals surface area contributed by atoms with Crippen molar-refractivity contribution in [3.8, 4) is 0 Å². The lowest BCUT2D eigenvalue weighted by Gasteiger charge is -2.30. The first-order valence-electron chi connectivity index (χ1n) is 7.41. The summed E-state index contributed by atoms with van der Waals surface area (Å²) >= 11 is 0. The molecule has 0 amide bonds. The highest BCUT2D eigenvalue weighted by atomic mass is 31.2. The summed E-state index contributed by atoms with van der Waals surface area (Å²) in [7, 11) is -0.791. The summed E-state index contributed by atoms with van der Waals surface area (Å²) in [5.41, 5.74) is 2.13. The molecule has 0 heterocycles. The molecule has 1 N–H and O–H groups in total. The minimum absolute atomic E-state index is 0.000535. The predicted molar refractivity (Wildman–Crippen MR) is 96.8 cm³/mol. The Bertz CT molecular complexity index is 771. The van der Waals surface area contributed by atoms with Gasteiger partial charge in [-0.2, -0.15) is 5.10 Å². The van der Waals surface area contributed by atoms with E-state index in [1.165, 1.54) is 20.3 Å². The van der Waals surface area contributed by atoms with Crippen LogP contribution in [0.5, 0.6) is 0 Å². The summed E-state index contributed by atoms with van der Waals surface area (Å²) in [5, 5.41) is 25.0. The minimum Gasteiger partial charge on any atom is -0.312 e. The Balaban J connectivity index is 3.05. The number of hydrogen-bond acceptors (Lipinski definition) is 9. The second-order valence-electron chi connectivity index (χ2n) is 6.03. The molecule has 1 aromatic rings. The molecule has 12 heteroatoms. The van der Waals surface area contributed by atoms with Crippen molar-refractivity contribution < 1.29 is 23.5 Å². The average Bonchev–Trinajstić information content (AvgIpc) is 2.58. The molecule has 0 aliphatic heterocycles. The summed E-state index contributed by atoms with van der Waals surface area (Å²) in [4.78, 5) is 20.4. The molecular formula is C14H21N4O7P. The fraction of sp³-hybridized carbons (Fsp3) is 0.500. The van der Waals surface area contributed by atoms with Crippen LogP contribution >= 0.6 is 7.60 Å². The zero-order valence-corrected chi connectivity index (χ0v) is 16.0. The van der Waals surface area contributed by atoms with Crippen LogP contribution in [0.15, 0.2) is 23.3 Å². The monoisotopic (exact) mass is 388 g/mol. The zero-order valence-electron chi connectivity index (χ0n) is 15.1. The van der Waals surface area contributed by atoms with Gasteiger partial charge in [0, 0.05) is 32.4 Å². The number of hydrogen-bond donors (Lipinski definition) is 1. The lowest BCUT2D eigenvalue weighted by molar-refractivity contribution is -0.393. The molecule has 0 bridgehead atoms. The van der Waals surface area contributed by atoms with E-state index in [2.05, 4.69) is 10.5 Å². The van der Waals surface area contributed by atoms with Gasteiger partial charge in [0.05, 0.1) is 21.1 Å². The van der Waals surface area contributed by atoms with Crippen molar-refractivity contribution in [3.05, 3.63) is 38.4 Å². The second kappa shape index (κ2) is 8.35. The molecule has 0 aromatic heterocycles. The van der Waals surface area contributed by atoms with E-state index >= 15 is 0 Å². The standard InChI is InChI=1S/C14H21N4O7P/c1-10(9-14(2,3)26(23,24-4)25-5)15-16-12-7-6-11(17(19)20)8-13(12)18(21)22/h6-8,16H,9H2,1-5H3/b15-10+. The number of nitro groups is 2. The number of anilines is 1. The molecule has 0 unspecified atom stereocenters. The van der Waals surface area contributed by atoms with Crippen molar-refractivity contribution >= 4 is 30.4 Å². The molecule has 0 spiro atoms. The number of benzene rings is 1. The lowest BCUT2D eigenvalue weighted by atomic mass is 10.1. The van der Waals surface area contributed by atoms with Crippen LogP contribution in [0.1, 0.15) is 27.2 Å². The second-order valence-corrected chi connectivity index (χ2v) is 8.96. The first-order chi connectivity index (χ1) is 12.0. The average molecular weight is 388 g/mol. The van der Waals surface area contributed by atoms with E-state index in [4.69, 9.17) is 9.05 Å². The van der Waals surface area contributed by atoms with Gasteiger partial charge in [0.15, 0.2) is 0 Å². The van der Waals surface area contributed by atoms with Gasteiger partial charge in [-0.05, 0) is 26.8 Å². The number of hydrazone groups is 1. The van der Waals surface area contributed by atoms with Crippen LogP contribution in [-0.4, -0.2) is 34.9 Å². The third-order valence-corrected chi connectivity index (χ3v) is 6.27. The smallest absolute Gasteiger partial charge is 0.312 e. The number of nitrogens with one attached hydrogen (secondary N) is 1. The van der Waals surface area contributed by atoms with Gasteiger partial charge in [-0.15, -0.1) is 0 Å². The molecule has 0 saturated heterocycles. The Labute approximate surface area is 150 Å². The Hall–Kier alpha value is -2.36.